The number of hydrogen-bond acceptors (Lipinski definition) is 3. The zero-order valence-corrected chi connectivity index (χ0v) is 11.0. The molecule has 2 rings (SSSR count). The smallest absolute Gasteiger partial charge is 0.241 e. The molecule has 1 aliphatic heterocycles. The minimum atomic E-state index is -0.176. The van der Waals surface area contributed by atoms with Crippen LogP contribution in [0.5, 0.6) is 0 Å². The van der Waals surface area contributed by atoms with Crippen molar-refractivity contribution in [3.05, 3.63) is 35.9 Å². The van der Waals surface area contributed by atoms with Crippen molar-refractivity contribution < 1.29 is 4.79 Å². The molecule has 0 bridgehead atoms. The number of benzene rings is 1. The Labute approximate surface area is 108 Å². The van der Waals surface area contributed by atoms with Gasteiger partial charge in [-0.3, -0.25) is 9.69 Å². The molecule has 0 aromatic heterocycles. The summed E-state index contributed by atoms with van der Waals surface area (Å²) >= 11 is 0. The summed E-state index contributed by atoms with van der Waals surface area (Å²) in [4.78, 5) is 16.4. The Balaban J connectivity index is 2.16. The van der Waals surface area contributed by atoms with Gasteiger partial charge in [0, 0.05) is 19.6 Å². The quantitative estimate of drug-likeness (QED) is 0.861. The fraction of sp³-hybridized carbons (Fsp3) is 0.500. The summed E-state index contributed by atoms with van der Waals surface area (Å²) in [5, 5.41) is 0. The third-order valence-electron chi connectivity index (χ3n) is 3.77. The lowest BCUT2D eigenvalue weighted by Crippen LogP contribution is -2.58. The van der Waals surface area contributed by atoms with Crippen molar-refractivity contribution in [2.24, 2.45) is 5.73 Å². The highest BCUT2D eigenvalue weighted by molar-refractivity contribution is 5.83. The third-order valence-corrected chi connectivity index (χ3v) is 3.77. The lowest BCUT2D eigenvalue weighted by atomic mass is 10.0. The van der Waals surface area contributed by atoms with Crippen LogP contribution in [0.15, 0.2) is 30.3 Å². The molecule has 4 heteroatoms. The van der Waals surface area contributed by atoms with Crippen LogP contribution in [0.25, 0.3) is 0 Å². The first-order valence-electron chi connectivity index (χ1n) is 6.41. The van der Waals surface area contributed by atoms with E-state index >= 15 is 0 Å². The van der Waals surface area contributed by atoms with Gasteiger partial charge in [-0.2, -0.15) is 0 Å². The number of carbonyl (C=O) groups is 1. The molecule has 2 unspecified atom stereocenters. The molecule has 0 radical (unpaired) electrons. The van der Waals surface area contributed by atoms with Crippen molar-refractivity contribution in [2.45, 2.75) is 19.0 Å². The van der Waals surface area contributed by atoms with Gasteiger partial charge in [-0.15, -0.1) is 0 Å². The van der Waals surface area contributed by atoms with Crippen molar-refractivity contribution >= 4 is 5.91 Å². The molecule has 1 aliphatic rings. The fourth-order valence-electron chi connectivity index (χ4n) is 2.49. The molecule has 1 saturated heterocycles. The van der Waals surface area contributed by atoms with E-state index in [1.165, 1.54) is 5.56 Å². The summed E-state index contributed by atoms with van der Waals surface area (Å²) in [6.07, 6.45) is 0. The van der Waals surface area contributed by atoms with Gasteiger partial charge >= 0.3 is 0 Å². The highest BCUT2D eigenvalue weighted by Crippen LogP contribution is 2.23. The number of rotatable bonds is 3. The van der Waals surface area contributed by atoms with Crippen LogP contribution in [-0.4, -0.2) is 48.4 Å². The van der Waals surface area contributed by atoms with Crippen molar-refractivity contribution in [2.75, 3.05) is 26.7 Å². The van der Waals surface area contributed by atoms with Gasteiger partial charge in [0.05, 0.1) is 6.04 Å². The Morgan fingerprint density at radius 2 is 2.00 bits per heavy atom. The van der Waals surface area contributed by atoms with Gasteiger partial charge in [0.25, 0.3) is 0 Å². The molecule has 0 aliphatic carbocycles. The Hall–Kier alpha value is -1.39. The predicted octanol–water partition coefficient (Wildman–Crippen LogP) is 0.849. The maximum Gasteiger partial charge on any atom is 0.241 e. The highest BCUT2D eigenvalue weighted by atomic mass is 16.2. The summed E-state index contributed by atoms with van der Waals surface area (Å²) in [5.74, 6) is 0.141. The summed E-state index contributed by atoms with van der Waals surface area (Å²) in [6.45, 7) is 4.10. The molecule has 0 spiro atoms. The number of nitrogens with two attached hydrogens (primary N) is 1. The molecule has 2 N–H and O–H groups in total. The second-order valence-electron chi connectivity index (χ2n) is 4.85. The molecule has 4 nitrogen and oxygen atoms in total. The average Bonchev–Trinajstić information content (AvgIpc) is 2.40. The summed E-state index contributed by atoms with van der Waals surface area (Å²) in [7, 11) is 1.96. The van der Waals surface area contributed by atoms with E-state index in [9.17, 15) is 4.79 Å². The van der Waals surface area contributed by atoms with E-state index in [4.69, 9.17) is 5.73 Å². The second kappa shape index (κ2) is 5.50. The number of nitrogens with zero attached hydrogens (tertiary/aromatic N) is 2. The van der Waals surface area contributed by atoms with Crippen LogP contribution in [0.2, 0.25) is 0 Å². The minimum absolute atomic E-state index is 0.112. The Kier molecular flexibility index (Phi) is 3.99. The second-order valence-corrected chi connectivity index (χ2v) is 4.85. The number of likely N-dealkylation sites (N-methyl/N-ethyl adjacent to an activating group) is 1. The van der Waals surface area contributed by atoms with Crippen LogP contribution < -0.4 is 5.73 Å². The largest absolute Gasteiger partial charge is 0.333 e. The highest BCUT2D eigenvalue weighted by Gasteiger charge is 2.34. The molecular weight excluding hydrogens is 226 g/mol. The average molecular weight is 247 g/mol. The van der Waals surface area contributed by atoms with Crippen molar-refractivity contribution in [1.29, 1.82) is 0 Å². The lowest BCUT2D eigenvalue weighted by molar-refractivity contribution is -0.143. The maximum atomic E-state index is 12.4. The summed E-state index contributed by atoms with van der Waals surface area (Å²) in [6, 6.07) is 10.1. The van der Waals surface area contributed by atoms with Gasteiger partial charge in [0.15, 0.2) is 0 Å². The van der Waals surface area contributed by atoms with Crippen LogP contribution in [-0.2, 0) is 4.79 Å². The molecule has 18 heavy (non-hydrogen) atoms. The van der Waals surface area contributed by atoms with Gasteiger partial charge in [0.2, 0.25) is 5.91 Å². The molecule has 0 saturated carbocycles. The van der Waals surface area contributed by atoms with Crippen LogP contribution in [0.1, 0.15) is 18.5 Å². The van der Waals surface area contributed by atoms with E-state index in [1.54, 1.807) is 0 Å². The van der Waals surface area contributed by atoms with Gasteiger partial charge < -0.3 is 10.6 Å². The van der Waals surface area contributed by atoms with E-state index in [0.717, 1.165) is 13.1 Å². The Morgan fingerprint density at radius 1 is 1.33 bits per heavy atom. The SMILES string of the molecule is CC(c1ccccc1)N1CCN(C)C(CN)C1=O. The van der Waals surface area contributed by atoms with E-state index < -0.39 is 0 Å². The molecule has 98 valence electrons. The first kappa shape index (κ1) is 13.1. The van der Waals surface area contributed by atoms with E-state index in [2.05, 4.69) is 19.1 Å². The third kappa shape index (κ3) is 2.40. The fourth-order valence-corrected chi connectivity index (χ4v) is 2.49. The minimum Gasteiger partial charge on any atom is -0.333 e. The monoisotopic (exact) mass is 247 g/mol. The van der Waals surface area contributed by atoms with Gasteiger partial charge in [-0.05, 0) is 19.5 Å². The van der Waals surface area contributed by atoms with Gasteiger partial charge in [-0.1, -0.05) is 30.3 Å². The topological polar surface area (TPSA) is 49.6 Å². The first-order valence-corrected chi connectivity index (χ1v) is 6.41. The lowest BCUT2D eigenvalue weighted by Gasteiger charge is -2.41. The van der Waals surface area contributed by atoms with Crippen molar-refractivity contribution in [1.82, 2.24) is 9.80 Å². The van der Waals surface area contributed by atoms with Crippen molar-refractivity contribution in [3.63, 3.8) is 0 Å². The zero-order chi connectivity index (χ0) is 13.1. The molecule has 1 aromatic carbocycles. The molecule has 1 fully saturated rings. The number of hydrogen-bond donors (Lipinski definition) is 1. The molecule has 2 atom stereocenters. The molecule has 1 heterocycles. The van der Waals surface area contributed by atoms with Crippen LogP contribution in [0.4, 0.5) is 0 Å². The Morgan fingerprint density at radius 3 is 2.61 bits per heavy atom. The van der Waals surface area contributed by atoms with Crippen molar-refractivity contribution in [3.8, 4) is 0 Å². The molecule has 1 amide bonds. The normalized spacial score (nSPS) is 23.2. The van der Waals surface area contributed by atoms with E-state index in [1.807, 2.05) is 35.0 Å². The van der Waals surface area contributed by atoms with Gasteiger partial charge in [0.1, 0.15) is 6.04 Å². The Bertz CT molecular complexity index is 407. The van der Waals surface area contributed by atoms with Crippen LogP contribution in [0, 0.1) is 0 Å². The van der Waals surface area contributed by atoms with Crippen LogP contribution in [0.3, 0.4) is 0 Å². The zero-order valence-electron chi connectivity index (χ0n) is 11.0. The summed E-state index contributed by atoms with van der Waals surface area (Å²) < 4.78 is 0. The molecule has 1 aromatic rings. The van der Waals surface area contributed by atoms with E-state index in [-0.39, 0.29) is 18.0 Å². The summed E-state index contributed by atoms with van der Waals surface area (Å²) in [5.41, 5.74) is 6.87. The molecular formula is C14H21N3O. The number of carbonyl (C=O) groups excluding carboxylic acids is 1. The van der Waals surface area contributed by atoms with Gasteiger partial charge in [-0.25, -0.2) is 0 Å². The maximum absolute atomic E-state index is 12.4. The first-order chi connectivity index (χ1) is 8.65. The predicted molar refractivity (Wildman–Crippen MR) is 72.0 cm³/mol. The van der Waals surface area contributed by atoms with E-state index in [0.29, 0.717) is 6.54 Å². The number of amides is 1. The van der Waals surface area contributed by atoms with Crippen LogP contribution >= 0.6 is 0 Å². The standard InChI is InChI=1S/C14H21N3O/c1-11(12-6-4-3-5-7-12)17-9-8-16(2)13(10-15)14(17)18/h3-7,11,13H,8-10,15H2,1-2H3. The number of piperazine rings is 1.